The summed E-state index contributed by atoms with van der Waals surface area (Å²) in [5.74, 6) is 0.503. The van der Waals surface area contributed by atoms with Gasteiger partial charge in [0, 0.05) is 11.8 Å². The van der Waals surface area contributed by atoms with Gasteiger partial charge >= 0.3 is 0 Å². The SMILES string of the molecule is CCOc1cc(/C(O)=C/c2cc(CCc3ccccc3)ncn2)on1. The zero-order valence-corrected chi connectivity index (χ0v) is 13.9. The summed E-state index contributed by atoms with van der Waals surface area (Å²) >= 11 is 0. The van der Waals surface area contributed by atoms with E-state index < -0.39 is 0 Å². The van der Waals surface area contributed by atoms with Crippen LogP contribution in [-0.4, -0.2) is 26.8 Å². The van der Waals surface area contributed by atoms with Crippen LogP contribution in [-0.2, 0) is 12.8 Å². The molecule has 3 aromatic rings. The highest BCUT2D eigenvalue weighted by atomic mass is 16.5. The van der Waals surface area contributed by atoms with Crippen molar-refractivity contribution in [2.45, 2.75) is 19.8 Å². The summed E-state index contributed by atoms with van der Waals surface area (Å²) < 4.78 is 10.3. The number of nitrogens with zero attached hydrogens (tertiary/aromatic N) is 3. The van der Waals surface area contributed by atoms with E-state index in [0.29, 0.717) is 18.2 Å². The highest BCUT2D eigenvalue weighted by molar-refractivity contribution is 5.72. The number of hydrogen-bond acceptors (Lipinski definition) is 6. The van der Waals surface area contributed by atoms with Gasteiger partial charge in [-0.3, -0.25) is 0 Å². The highest BCUT2D eigenvalue weighted by Crippen LogP contribution is 2.19. The van der Waals surface area contributed by atoms with E-state index >= 15 is 0 Å². The fraction of sp³-hybridized carbons (Fsp3) is 0.211. The number of aromatic nitrogens is 3. The fourth-order valence-corrected chi connectivity index (χ4v) is 2.35. The molecule has 0 radical (unpaired) electrons. The summed E-state index contributed by atoms with van der Waals surface area (Å²) in [6.45, 7) is 2.33. The Morgan fingerprint density at radius 2 is 2.00 bits per heavy atom. The maximum Gasteiger partial charge on any atom is 0.254 e. The monoisotopic (exact) mass is 337 g/mol. The minimum absolute atomic E-state index is 0.0637. The third kappa shape index (κ3) is 4.67. The van der Waals surface area contributed by atoms with Gasteiger partial charge in [0.1, 0.15) is 6.33 Å². The molecule has 1 N–H and O–H groups in total. The molecule has 0 atom stereocenters. The van der Waals surface area contributed by atoms with Crippen molar-refractivity contribution in [3.05, 3.63) is 71.5 Å². The number of hydrogen-bond donors (Lipinski definition) is 1. The summed E-state index contributed by atoms with van der Waals surface area (Å²) in [7, 11) is 0. The molecule has 3 rings (SSSR count). The molecule has 128 valence electrons. The Balaban J connectivity index is 1.69. The second kappa shape index (κ2) is 8.10. The zero-order chi connectivity index (χ0) is 17.5. The van der Waals surface area contributed by atoms with Crippen LogP contribution in [0.5, 0.6) is 5.88 Å². The van der Waals surface area contributed by atoms with E-state index in [1.54, 1.807) is 0 Å². The minimum Gasteiger partial charge on any atom is -0.504 e. The standard InChI is InChI=1S/C19H19N3O3/c1-2-24-19-12-18(25-22-19)17(23)11-16-10-15(20-13-21-16)9-8-14-6-4-3-5-7-14/h3-7,10-13,23H,2,8-9H2,1H3/b17-11-. The van der Waals surface area contributed by atoms with E-state index in [1.165, 1.54) is 24.0 Å². The normalized spacial score (nSPS) is 11.5. The molecule has 0 fully saturated rings. The summed E-state index contributed by atoms with van der Waals surface area (Å²) in [5, 5.41) is 13.9. The topological polar surface area (TPSA) is 81.3 Å². The second-order valence-corrected chi connectivity index (χ2v) is 5.41. The summed E-state index contributed by atoms with van der Waals surface area (Å²) in [4.78, 5) is 8.45. The molecule has 0 unspecified atom stereocenters. The molecule has 0 bridgehead atoms. The molecule has 0 saturated heterocycles. The van der Waals surface area contributed by atoms with E-state index in [4.69, 9.17) is 9.26 Å². The molecule has 2 heterocycles. The molecule has 0 aliphatic heterocycles. The van der Waals surface area contributed by atoms with Crippen LogP contribution in [0.15, 0.2) is 53.3 Å². The Bertz CT molecular complexity index is 844. The molecule has 0 aliphatic carbocycles. The van der Waals surface area contributed by atoms with E-state index in [-0.39, 0.29) is 11.5 Å². The molecular formula is C19H19N3O3. The molecular weight excluding hydrogens is 318 g/mol. The van der Waals surface area contributed by atoms with Crippen LogP contribution < -0.4 is 4.74 Å². The molecule has 0 spiro atoms. The largest absolute Gasteiger partial charge is 0.504 e. The van der Waals surface area contributed by atoms with E-state index in [0.717, 1.165) is 18.5 Å². The van der Waals surface area contributed by atoms with Crippen molar-refractivity contribution in [3.63, 3.8) is 0 Å². The van der Waals surface area contributed by atoms with Crippen LogP contribution in [0.2, 0.25) is 0 Å². The summed E-state index contributed by atoms with van der Waals surface area (Å²) in [6, 6.07) is 13.6. The lowest BCUT2D eigenvalue weighted by Gasteiger charge is -2.02. The number of aryl methyl sites for hydroxylation is 2. The first-order chi connectivity index (χ1) is 12.2. The third-order valence-corrected chi connectivity index (χ3v) is 3.58. The first-order valence-corrected chi connectivity index (χ1v) is 8.10. The quantitative estimate of drug-likeness (QED) is 0.662. The molecule has 1 aromatic carbocycles. The van der Waals surface area contributed by atoms with Gasteiger partial charge in [-0.2, -0.15) is 0 Å². The first-order valence-electron chi connectivity index (χ1n) is 8.10. The highest BCUT2D eigenvalue weighted by Gasteiger charge is 2.09. The van der Waals surface area contributed by atoms with Crippen LogP contribution in [0, 0.1) is 0 Å². The third-order valence-electron chi connectivity index (χ3n) is 3.58. The van der Waals surface area contributed by atoms with Crippen molar-refractivity contribution in [3.8, 4) is 5.88 Å². The predicted molar refractivity (Wildman–Crippen MR) is 94.1 cm³/mol. The lowest BCUT2D eigenvalue weighted by atomic mass is 10.1. The predicted octanol–water partition coefficient (Wildman–Crippen LogP) is 3.70. The Labute approximate surface area is 145 Å². The molecule has 6 heteroatoms. The van der Waals surface area contributed by atoms with Crippen molar-refractivity contribution in [2.75, 3.05) is 6.61 Å². The van der Waals surface area contributed by atoms with Gasteiger partial charge in [0.25, 0.3) is 5.88 Å². The van der Waals surface area contributed by atoms with Crippen molar-refractivity contribution >= 4 is 11.8 Å². The van der Waals surface area contributed by atoms with E-state index in [9.17, 15) is 5.11 Å². The molecule has 0 aliphatic rings. The molecule has 6 nitrogen and oxygen atoms in total. The van der Waals surface area contributed by atoms with Gasteiger partial charge in [-0.15, -0.1) is 0 Å². The Kier molecular flexibility index (Phi) is 5.41. The van der Waals surface area contributed by atoms with Crippen molar-refractivity contribution in [2.24, 2.45) is 0 Å². The van der Waals surface area contributed by atoms with Crippen molar-refractivity contribution < 1.29 is 14.4 Å². The Morgan fingerprint density at radius 1 is 1.16 bits per heavy atom. The summed E-state index contributed by atoms with van der Waals surface area (Å²) in [5.41, 5.74) is 2.77. The number of benzene rings is 1. The van der Waals surface area contributed by atoms with Gasteiger partial charge in [0.15, 0.2) is 5.76 Å². The van der Waals surface area contributed by atoms with Gasteiger partial charge in [-0.05, 0) is 36.6 Å². The maximum absolute atomic E-state index is 10.2. The van der Waals surface area contributed by atoms with Gasteiger partial charge in [-0.25, -0.2) is 9.97 Å². The van der Waals surface area contributed by atoms with Gasteiger partial charge < -0.3 is 14.4 Å². The van der Waals surface area contributed by atoms with E-state index in [2.05, 4.69) is 27.3 Å². The first kappa shape index (κ1) is 16.7. The van der Waals surface area contributed by atoms with Gasteiger partial charge in [0.05, 0.1) is 18.4 Å². The average molecular weight is 337 g/mol. The van der Waals surface area contributed by atoms with Crippen LogP contribution in [0.3, 0.4) is 0 Å². The maximum atomic E-state index is 10.2. The molecule has 25 heavy (non-hydrogen) atoms. The van der Waals surface area contributed by atoms with Crippen molar-refractivity contribution in [1.82, 2.24) is 15.1 Å². The smallest absolute Gasteiger partial charge is 0.254 e. The molecule has 0 saturated carbocycles. The number of rotatable bonds is 7. The van der Waals surface area contributed by atoms with Crippen LogP contribution in [0.4, 0.5) is 0 Å². The van der Waals surface area contributed by atoms with Crippen molar-refractivity contribution in [1.29, 1.82) is 0 Å². The number of aliphatic hydroxyl groups excluding tert-OH is 1. The van der Waals surface area contributed by atoms with Crippen LogP contribution in [0.25, 0.3) is 11.8 Å². The van der Waals surface area contributed by atoms with Crippen LogP contribution >= 0.6 is 0 Å². The van der Waals surface area contributed by atoms with E-state index in [1.807, 2.05) is 31.2 Å². The Hall–Kier alpha value is -3.15. The number of aliphatic hydroxyl groups is 1. The lowest BCUT2D eigenvalue weighted by Crippen LogP contribution is -1.96. The number of ether oxygens (including phenoxy) is 1. The molecule has 2 aromatic heterocycles. The van der Waals surface area contributed by atoms with Crippen LogP contribution in [0.1, 0.15) is 29.6 Å². The Morgan fingerprint density at radius 3 is 2.80 bits per heavy atom. The second-order valence-electron chi connectivity index (χ2n) is 5.41. The zero-order valence-electron chi connectivity index (χ0n) is 13.9. The molecule has 0 amide bonds. The minimum atomic E-state index is -0.0637. The fourth-order valence-electron chi connectivity index (χ4n) is 2.35. The van der Waals surface area contributed by atoms with Gasteiger partial charge in [-0.1, -0.05) is 30.3 Å². The average Bonchev–Trinajstić information content (AvgIpc) is 3.10. The lowest BCUT2D eigenvalue weighted by molar-refractivity contribution is 0.291. The van der Waals surface area contributed by atoms with Gasteiger partial charge in [0.2, 0.25) is 5.76 Å². The summed E-state index contributed by atoms with van der Waals surface area (Å²) in [6.07, 6.45) is 4.70.